The lowest BCUT2D eigenvalue weighted by Gasteiger charge is -2.34. The molecule has 2 rings (SSSR count). The third-order valence-corrected chi connectivity index (χ3v) is 5.50. The fourth-order valence-corrected chi connectivity index (χ4v) is 3.21. The second-order valence-electron chi connectivity index (χ2n) is 4.66. The van der Waals surface area contributed by atoms with Gasteiger partial charge in [-0.25, -0.2) is 4.39 Å². The summed E-state index contributed by atoms with van der Waals surface area (Å²) in [5.74, 6) is 0.148. The topological polar surface area (TPSA) is 20.3 Å². The molecule has 0 saturated carbocycles. The second kappa shape index (κ2) is 5.86. The highest BCUT2D eigenvalue weighted by molar-refractivity contribution is 14.1. The van der Waals surface area contributed by atoms with Crippen LogP contribution in [-0.2, 0) is 0 Å². The van der Waals surface area contributed by atoms with E-state index in [4.69, 9.17) is 0 Å². The first-order valence-corrected chi connectivity index (χ1v) is 7.87. The number of alkyl halides is 1. The fraction of sp³-hybridized carbons (Fsp3) is 0.462. The molecule has 5 heteroatoms. The molecule has 98 valence electrons. The van der Waals surface area contributed by atoms with Crippen molar-refractivity contribution in [3.8, 4) is 0 Å². The molecule has 18 heavy (non-hydrogen) atoms. The number of carbonyl (C=O) groups excluding carboxylic acids is 1. The minimum absolute atomic E-state index is 0.00523. The lowest BCUT2D eigenvalue weighted by Crippen LogP contribution is -2.43. The van der Waals surface area contributed by atoms with Crippen LogP contribution < -0.4 is 0 Å². The van der Waals surface area contributed by atoms with E-state index in [0.717, 1.165) is 19.5 Å². The van der Waals surface area contributed by atoms with Crippen LogP contribution in [0.1, 0.15) is 23.7 Å². The zero-order valence-electron chi connectivity index (χ0n) is 10.00. The van der Waals surface area contributed by atoms with Crippen molar-refractivity contribution in [1.29, 1.82) is 0 Å². The highest BCUT2D eigenvalue weighted by Crippen LogP contribution is 2.25. The maximum Gasteiger partial charge on any atom is 0.254 e. The Hall–Kier alpha value is -0.170. The van der Waals surface area contributed by atoms with E-state index < -0.39 is 0 Å². The summed E-state index contributed by atoms with van der Waals surface area (Å²) in [4.78, 5) is 14.7. The van der Waals surface area contributed by atoms with Gasteiger partial charge in [-0.15, -0.1) is 0 Å². The molecular formula is C13H14BrFINO. The van der Waals surface area contributed by atoms with Gasteiger partial charge in [0.25, 0.3) is 5.91 Å². The second-order valence-corrected chi connectivity index (χ2v) is 7.00. The largest absolute Gasteiger partial charge is 0.338 e. The summed E-state index contributed by atoms with van der Waals surface area (Å²) in [6, 6.07) is 4.31. The van der Waals surface area contributed by atoms with Gasteiger partial charge in [0.2, 0.25) is 0 Å². The maximum absolute atomic E-state index is 13.0. The number of halogens is 3. The zero-order chi connectivity index (χ0) is 13.3. The van der Waals surface area contributed by atoms with Crippen molar-refractivity contribution in [2.75, 3.05) is 13.1 Å². The molecule has 1 heterocycles. The summed E-state index contributed by atoms with van der Waals surface area (Å²) in [6.07, 6.45) is 0.963. The predicted molar refractivity (Wildman–Crippen MR) is 81.5 cm³/mol. The summed E-state index contributed by atoms with van der Waals surface area (Å²) in [5, 5.41) is 0. The number of amides is 1. The Morgan fingerprint density at radius 1 is 1.56 bits per heavy atom. The molecule has 2 nitrogen and oxygen atoms in total. The fourth-order valence-electron chi connectivity index (χ4n) is 2.13. The summed E-state index contributed by atoms with van der Waals surface area (Å²) >= 11 is 5.63. The van der Waals surface area contributed by atoms with E-state index in [1.165, 1.54) is 12.1 Å². The number of nitrogens with zero attached hydrogens (tertiary/aromatic N) is 1. The SMILES string of the molecule is CC1CN(C(=O)c2ccc(F)cc2I)CCC1Br. The van der Waals surface area contributed by atoms with Crippen LogP contribution in [0, 0.1) is 15.3 Å². The molecule has 1 aliphatic heterocycles. The van der Waals surface area contributed by atoms with E-state index in [-0.39, 0.29) is 11.7 Å². The Labute approximate surface area is 128 Å². The lowest BCUT2D eigenvalue weighted by molar-refractivity contribution is 0.0689. The average Bonchev–Trinajstić information content (AvgIpc) is 2.32. The molecule has 2 unspecified atom stereocenters. The van der Waals surface area contributed by atoms with Crippen LogP contribution in [0.4, 0.5) is 4.39 Å². The standard InChI is InChI=1S/C13H14BrFINO/c1-8-7-17(5-4-11(8)14)13(18)10-3-2-9(15)6-12(10)16/h2-3,6,8,11H,4-5,7H2,1H3. The maximum atomic E-state index is 13.0. The number of carbonyl (C=O) groups is 1. The first-order chi connectivity index (χ1) is 8.49. The van der Waals surface area contributed by atoms with Crippen LogP contribution in [0.2, 0.25) is 0 Å². The molecule has 1 aromatic carbocycles. The van der Waals surface area contributed by atoms with E-state index in [2.05, 4.69) is 22.9 Å². The van der Waals surface area contributed by atoms with E-state index in [1.54, 1.807) is 6.07 Å². The van der Waals surface area contributed by atoms with Gasteiger partial charge in [-0.2, -0.15) is 0 Å². The molecule has 0 aromatic heterocycles. The molecule has 0 aliphatic carbocycles. The summed E-state index contributed by atoms with van der Waals surface area (Å²) < 4.78 is 13.7. The van der Waals surface area contributed by atoms with Crippen LogP contribution in [0.3, 0.4) is 0 Å². The van der Waals surface area contributed by atoms with E-state index in [9.17, 15) is 9.18 Å². The molecule has 0 N–H and O–H groups in total. The Bertz CT molecular complexity index is 468. The van der Waals surface area contributed by atoms with Crippen molar-refractivity contribution in [1.82, 2.24) is 4.90 Å². The number of hydrogen-bond donors (Lipinski definition) is 0. The Morgan fingerprint density at radius 2 is 2.28 bits per heavy atom. The highest BCUT2D eigenvalue weighted by atomic mass is 127. The molecule has 2 atom stereocenters. The van der Waals surface area contributed by atoms with Gasteiger partial charge >= 0.3 is 0 Å². The molecule has 1 saturated heterocycles. The van der Waals surface area contributed by atoms with Gasteiger partial charge in [0, 0.05) is 21.5 Å². The minimum atomic E-state index is -0.302. The van der Waals surface area contributed by atoms with Gasteiger partial charge in [-0.3, -0.25) is 4.79 Å². The van der Waals surface area contributed by atoms with Gasteiger partial charge in [-0.1, -0.05) is 22.9 Å². The predicted octanol–water partition coefficient (Wildman–Crippen LogP) is 3.68. The molecular weight excluding hydrogens is 412 g/mol. The Balaban J connectivity index is 2.16. The molecule has 1 fully saturated rings. The summed E-state index contributed by atoms with van der Waals surface area (Å²) in [5.41, 5.74) is 0.595. The third kappa shape index (κ3) is 3.04. The minimum Gasteiger partial charge on any atom is -0.338 e. The molecule has 1 aromatic rings. The van der Waals surface area contributed by atoms with Crippen LogP contribution in [0.25, 0.3) is 0 Å². The summed E-state index contributed by atoms with van der Waals surface area (Å²) in [7, 11) is 0. The van der Waals surface area contributed by atoms with Crippen LogP contribution in [-0.4, -0.2) is 28.7 Å². The van der Waals surface area contributed by atoms with Gasteiger partial charge in [0.15, 0.2) is 0 Å². The van der Waals surface area contributed by atoms with Crippen LogP contribution in [0.5, 0.6) is 0 Å². The first kappa shape index (κ1) is 14.2. The van der Waals surface area contributed by atoms with Crippen molar-refractivity contribution in [2.45, 2.75) is 18.2 Å². The number of rotatable bonds is 1. The average molecular weight is 426 g/mol. The number of benzene rings is 1. The zero-order valence-corrected chi connectivity index (χ0v) is 13.7. The molecule has 0 spiro atoms. The van der Waals surface area contributed by atoms with Crippen molar-refractivity contribution >= 4 is 44.4 Å². The third-order valence-electron chi connectivity index (χ3n) is 3.25. The van der Waals surface area contributed by atoms with E-state index in [0.29, 0.717) is 19.9 Å². The van der Waals surface area contributed by atoms with E-state index in [1.807, 2.05) is 27.5 Å². The normalized spacial score (nSPS) is 24.1. The van der Waals surface area contributed by atoms with Crippen molar-refractivity contribution < 1.29 is 9.18 Å². The van der Waals surface area contributed by atoms with Gasteiger partial charge in [0.05, 0.1) is 5.56 Å². The van der Waals surface area contributed by atoms with E-state index >= 15 is 0 Å². The molecule has 1 amide bonds. The van der Waals surface area contributed by atoms with Gasteiger partial charge in [-0.05, 0) is 53.1 Å². The Kier molecular flexibility index (Phi) is 4.64. The lowest BCUT2D eigenvalue weighted by atomic mass is 9.99. The van der Waals surface area contributed by atoms with Crippen LogP contribution >= 0.6 is 38.5 Å². The molecule has 1 aliphatic rings. The van der Waals surface area contributed by atoms with Gasteiger partial charge < -0.3 is 4.90 Å². The smallest absolute Gasteiger partial charge is 0.254 e. The van der Waals surface area contributed by atoms with Gasteiger partial charge in [0.1, 0.15) is 5.82 Å². The summed E-state index contributed by atoms with van der Waals surface area (Å²) in [6.45, 7) is 3.64. The quantitative estimate of drug-likeness (QED) is 0.496. The number of likely N-dealkylation sites (tertiary alicyclic amines) is 1. The Morgan fingerprint density at radius 3 is 2.89 bits per heavy atom. The van der Waals surface area contributed by atoms with Crippen LogP contribution in [0.15, 0.2) is 18.2 Å². The van der Waals surface area contributed by atoms with Crippen molar-refractivity contribution in [2.24, 2.45) is 5.92 Å². The van der Waals surface area contributed by atoms with Crippen molar-refractivity contribution in [3.63, 3.8) is 0 Å². The molecule has 0 bridgehead atoms. The number of piperidine rings is 1. The first-order valence-electron chi connectivity index (χ1n) is 5.87. The molecule has 0 radical (unpaired) electrons. The van der Waals surface area contributed by atoms with Crippen molar-refractivity contribution in [3.05, 3.63) is 33.1 Å². The monoisotopic (exact) mass is 425 g/mol. The number of hydrogen-bond acceptors (Lipinski definition) is 1. The highest BCUT2D eigenvalue weighted by Gasteiger charge is 2.28.